The van der Waals surface area contributed by atoms with E-state index in [-0.39, 0.29) is 0 Å². The molecule has 2 unspecified atom stereocenters. The van der Waals surface area contributed by atoms with Crippen molar-refractivity contribution in [1.29, 1.82) is 0 Å². The predicted octanol–water partition coefficient (Wildman–Crippen LogP) is 2.46. The quantitative estimate of drug-likeness (QED) is 0.812. The van der Waals surface area contributed by atoms with E-state index in [0.717, 1.165) is 29.7 Å². The zero-order valence-electron chi connectivity index (χ0n) is 10.1. The molecule has 1 aromatic carbocycles. The molecule has 3 rings (SSSR count). The highest BCUT2D eigenvalue weighted by Crippen LogP contribution is 2.57. The van der Waals surface area contributed by atoms with E-state index >= 15 is 0 Å². The van der Waals surface area contributed by atoms with E-state index in [0.29, 0.717) is 16.7 Å². The average Bonchev–Trinajstić information content (AvgIpc) is 2.87. The minimum absolute atomic E-state index is 0.426. The molecule has 17 heavy (non-hydrogen) atoms. The first-order chi connectivity index (χ1) is 8.02. The molecule has 1 aromatic rings. The molecule has 0 amide bonds. The highest BCUT2D eigenvalue weighted by molar-refractivity contribution is 7.90. The Morgan fingerprint density at radius 3 is 2.41 bits per heavy atom. The van der Waals surface area contributed by atoms with Crippen LogP contribution in [0, 0.1) is 0 Å². The Labute approximate surface area is 102 Å². The summed E-state index contributed by atoms with van der Waals surface area (Å²) in [7, 11) is -1.48. The molecule has 0 saturated heterocycles. The van der Waals surface area contributed by atoms with Gasteiger partial charge < -0.3 is 4.74 Å². The molecule has 0 aliphatic heterocycles. The van der Waals surface area contributed by atoms with Crippen LogP contribution in [0.25, 0.3) is 0 Å². The molecule has 92 valence electrons. The van der Waals surface area contributed by atoms with E-state index < -0.39 is 9.84 Å². The number of ether oxygens (including phenoxy) is 1. The lowest BCUT2D eigenvalue weighted by Crippen LogP contribution is -2.08. The van der Waals surface area contributed by atoms with Gasteiger partial charge >= 0.3 is 0 Å². The Morgan fingerprint density at radius 2 is 1.82 bits per heavy atom. The Morgan fingerprint density at radius 1 is 1.18 bits per heavy atom. The van der Waals surface area contributed by atoms with Gasteiger partial charge in [-0.2, -0.15) is 0 Å². The maximum absolute atomic E-state index is 11.8. The zero-order chi connectivity index (χ0) is 12.2. The van der Waals surface area contributed by atoms with Crippen LogP contribution in [0.3, 0.4) is 0 Å². The van der Waals surface area contributed by atoms with Gasteiger partial charge in [-0.05, 0) is 48.8 Å². The van der Waals surface area contributed by atoms with Crippen molar-refractivity contribution in [2.24, 2.45) is 0 Å². The summed E-state index contributed by atoms with van der Waals surface area (Å²) >= 11 is 0. The second-order valence-corrected chi connectivity index (χ2v) is 7.06. The summed E-state index contributed by atoms with van der Waals surface area (Å²) in [6.07, 6.45) is 4.67. The summed E-state index contributed by atoms with van der Waals surface area (Å²) in [5.74, 6) is 1.79. The van der Waals surface area contributed by atoms with Gasteiger partial charge in [-0.15, -0.1) is 0 Å². The minimum atomic E-state index is -3.13. The smallest absolute Gasteiger partial charge is 0.175 e. The maximum Gasteiger partial charge on any atom is 0.175 e. The van der Waals surface area contributed by atoms with Crippen LogP contribution in [0.1, 0.15) is 42.2 Å². The van der Waals surface area contributed by atoms with Crippen molar-refractivity contribution in [3.05, 3.63) is 23.3 Å². The molecule has 4 heteroatoms. The van der Waals surface area contributed by atoms with Crippen LogP contribution in [0.2, 0.25) is 0 Å². The molecule has 0 radical (unpaired) electrons. The van der Waals surface area contributed by atoms with Gasteiger partial charge in [0.2, 0.25) is 0 Å². The van der Waals surface area contributed by atoms with E-state index in [1.807, 2.05) is 0 Å². The van der Waals surface area contributed by atoms with Crippen LogP contribution in [0.5, 0.6) is 5.75 Å². The summed E-state index contributed by atoms with van der Waals surface area (Å²) < 4.78 is 29.0. The highest BCUT2D eigenvalue weighted by Gasteiger charge is 2.41. The lowest BCUT2D eigenvalue weighted by molar-refractivity contribution is 0.405. The monoisotopic (exact) mass is 252 g/mol. The molecule has 0 N–H and O–H groups in total. The van der Waals surface area contributed by atoms with Gasteiger partial charge in [0.25, 0.3) is 0 Å². The number of hydrogen-bond donors (Lipinski definition) is 0. The summed E-state index contributed by atoms with van der Waals surface area (Å²) in [4.78, 5) is 0.514. The third-order valence-corrected chi connectivity index (χ3v) is 5.23. The first kappa shape index (κ1) is 11.1. The number of hydrogen-bond acceptors (Lipinski definition) is 3. The predicted molar refractivity (Wildman–Crippen MR) is 65.4 cm³/mol. The fraction of sp³-hybridized carbons (Fsp3) is 0.538. The SMILES string of the molecule is COc1ccc(S(C)(=O)=O)c2c1C1CCC2C1. The van der Waals surface area contributed by atoms with Crippen LogP contribution in [-0.2, 0) is 9.84 Å². The molecule has 2 bridgehead atoms. The van der Waals surface area contributed by atoms with Crippen LogP contribution in [-0.4, -0.2) is 21.8 Å². The van der Waals surface area contributed by atoms with Gasteiger partial charge in [-0.3, -0.25) is 0 Å². The number of benzene rings is 1. The molecular weight excluding hydrogens is 236 g/mol. The summed E-state index contributed by atoms with van der Waals surface area (Å²) in [5, 5.41) is 0. The van der Waals surface area contributed by atoms with E-state index in [9.17, 15) is 8.42 Å². The number of rotatable bonds is 2. The standard InChI is InChI=1S/C13H16O3S/c1-16-10-5-6-11(17(2,14)15)13-9-4-3-8(7-9)12(10)13/h5-6,8-9H,3-4,7H2,1-2H3. The van der Waals surface area contributed by atoms with Crippen LogP contribution < -0.4 is 4.74 Å². The van der Waals surface area contributed by atoms with Gasteiger partial charge in [-0.25, -0.2) is 8.42 Å². The Balaban J connectivity index is 2.30. The lowest BCUT2D eigenvalue weighted by atomic mass is 9.91. The molecule has 3 nitrogen and oxygen atoms in total. The molecule has 2 aliphatic carbocycles. The topological polar surface area (TPSA) is 43.4 Å². The first-order valence-electron chi connectivity index (χ1n) is 5.93. The van der Waals surface area contributed by atoms with Crippen LogP contribution in [0.4, 0.5) is 0 Å². The fourth-order valence-electron chi connectivity index (χ4n) is 3.45. The molecule has 0 aromatic heterocycles. The zero-order valence-corrected chi connectivity index (χ0v) is 10.9. The summed E-state index contributed by atoms with van der Waals surface area (Å²) in [6, 6.07) is 3.50. The number of fused-ring (bicyclic) bond motifs is 5. The second-order valence-electron chi connectivity index (χ2n) is 5.07. The average molecular weight is 252 g/mol. The molecule has 0 heterocycles. The third kappa shape index (κ3) is 1.50. The largest absolute Gasteiger partial charge is 0.496 e. The Bertz CT molecular complexity index is 575. The Kier molecular flexibility index (Phi) is 2.27. The third-order valence-electron chi connectivity index (χ3n) is 4.08. The van der Waals surface area contributed by atoms with Crippen molar-refractivity contribution in [1.82, 2.24) is 0 Å². The van der Waals surface area contributed by atoms with E-state index in [1.165, 1.54) is 12.7 Å². The van der Waals surface area contributed by atoms with E-state index in [2.05, 4.69) is 0 Å². The van der Waals surface area contributed by atoms with Crippen molar-refractivity contribution in [3.63, 3.8) is 0 Å². The van der Waals surface area contributed by atoms with Crippen LogP contribution in [0.15, 0.2) is 17.0 Å². The van der Waals surface area contributed by atoms with Crippen molar-refractivity contribution < 1.29 is 13.2 Å². The van der Waals surface area contributed by atoms with Gasteiger partial charge in [0, 0.05) is 11.8 Å². The van der Waals surface area contributed by atoms with Gasteiger partial charge in [-0.1, -0.05) is 0 Å². The normalized spacial score (nSPS) is 26.0. The van der Waals surface area contributed by atoms with Crippen LogP contribution >= 0.6 is 0 Å². The van der Waals surface area contributed by atoms with Crippen molar-refractivity contribution in [2.75, 3.05) is 13.4 Å². The van der Waals surface area contributed by atoms with E-state index in [4.69, 9.17) is 4.74 Å². The maximum atomic E-state index is 11.8. The molecular formula is C13H16O3S. The van der Waals surface area contributed by atoms with Gasteiger partial charge in [0.05, 0.1) is 12.0 Å². The van der Waals surface area contributed by atoms with Gasteiger partial charge in [0.1, 0.15) is 5.75 Å². The van der Waals surface area contributed by atoms with Crippen molar-refractivity contribution >= 4 is 9.84 Å². The molecule has 2 aliphatic rings. The number of methoxy groups -OCH3 is 1. The highest BCUT2D eigenvalue weighted by atomic mass is 32.2. The molecule has 0 spiro atoms. The minimum Gasteiger partial charge on any atom is -0.496 e. The van der Waals surface area contributed by atoms with E-state index in [1.54, 1.807) is 19.2 Å². The summed E-state index contributed by atoms with van der Waals surface area (Å²) in [5.41, 5.74) is 2.20. The second kappa shape index (κ2) is 3.48. The summed E-state index contributed by atoms with van der Waals surface area (Å²) in [6.45, 7) is 0. The molecule has 2 atom stereocenters. The van der Waals surface area contributed by atoms with Crippen molar-refractivity contribution in [2.45, 2.75) is 36.0 Å². The lowest BCUT2D eigenvalue weighted by Gasteiger charge is -2.20. The molecule has 1 saturated carbocycles. The van der Waals surface area contributed by atoms with Crippen molar-refractivity contribution in [3.8, 4) is 5.75 Å². The first-order valence-corrected chi connectivity index (χ1v) is 7.82. The Hall–Kier alpha value is -1.03. The molecule has 1 fully saturated rings. The number of sulfone groups is 1. The van der Waals surface area contributed by atoms with Gasteiger partial charge in [0.15, 0.2) is 9.84 Å². The fourth-order valence-corrected chi connectivity index (χ4v) is 4.44.